The molecule has 0 fully saturated rings. The number of benzene rings is 1. The summed E-state index contributed by atoms with van der Waals surface area (Å²) in [6.45, 7) is 5.71. The molecule has 0 aliphatic rings. The predicted octanol–water partition coefficient (Wildman–Crippen LogP) is 3.95. The van der Waals surface area contributed by atoms with Crippen LogP contribution in [-0.4, -0.2) is 27.1 Å². The smallest absolute Gasteiger partial charge is 0.224 e. The molecule has 1 aromatic heterocycles. The van der Waals surface area contributed by atoms with Crippen molar-refractivity contribution in [3.63, 3.8) is 0 Å². The third-order valence-electron chi connectivity index (χ3n) is 3.08. The quantitative estimate of drug-likeness (QED) is 0.605. The van der Waals surface area contributed by atoms with E-state index in [4.69, 9.17) is 0 Å². The van der Waals surface area contributed by atoms with Gasteiger partial charge in [0, 0.05) is 17.7 Å². The van der Waals surface area contributed by atoms with E-state index in [1.807, 2.05) is 20.8 Å². The average Bonchev–Trinajstić information content (AvgIpc) is 2.92. The summed E-state index contributed by atoms with van der Waals surface area (Å²) in [7, 11) is 0. The van der Waals surface area contributed by atoms with Crippen molar-refractivity contribution in [2.75, 3.05) is 5.32 Å². The molecule has 1 aromatic carbocycles. The Kier molecular flexibility index (Phi) is 6.29. The Morgan fingerprint density at radius 3 is 2.52 bits per heavy atom. The maximum atomic E-state index is 12.4. The molecule has 1 unspecified atom stereocenters. The topological polar surface area (TPSA) is 72.0 Å². The van der Waals surface area contributed by atoms with Crippen LogP contribution >= 0.6 is 23.1 Å². The standard InChI is InChI=1S/C16H19N3O2S2/c1-4-5-14(20)17-13-8-6-12(7-9-13)15(21)10(2)22-16-19-18-11(3)23-16/h6-10H,4-5H2,1-3H3,(H,17,20). The molecule has 1 N–H and O–H groups in total. The summed E-state index contributed by atoms with van der Waals surface area (Å²) in [5, 5.41) is 11.4. The zero-order valence-electron chi connectivity index (χ0n) is 13.3. The summed E-state index contributed by atoms with van der Waals surface area (Å²) in [5.41, 5.74) is 1.33. The maximum Gasteiger partial charge on any atom is 0.224 e. The van der Waals surface area contributed by atoms with E-state index in [1.165, 1.54) is 23.1 Å². The molecule has 122 valence electrons. The summed E-state index contributed by atoms with van der Waals surface area (Å²) in [4.78, 5) is 24.0. The van der Waals surface area contributed by atoms with Gasteiger partial charge in [0.05, 0.1) is 5.25 Å². The third kappa shape index (κ3) is 5.14. The van der Waals surface area contributed by atoms with E-state index in [0.29, 0.717) is 17.7 Å². The van der Waals surface area contributed by atoms with Gasteiger partial charge in [0.2, 0.25) is 5.91 Å². The number of aromatic nitrogens is 2. The number of nitrogens with one attached hydrogen (secondary N) is 1. The van der Waals surface area contributed by atoms with Gasteiger partial charge in [-0.15, -0.1) is 10.2 Å². The molecule has 1 atom stereocenters. The number of rotatable bonds is 7. The van der Waals surface area contributed by atoms with Gasteiger partial charge in [-0.3, -0.25) is 9.59 Å². The van der Waals surface area contributed by atoms with Crippen LogP contribution < -0.4 is 5.32 Å². The van der Waals surface area contributed by atoms with E-state index in [0.717, 1.165) is 15.8 Å². The highest BCUT2D eigenvalue weighted by atomic mass is 32.2. The Labute approximate surface area is 143 Å². The summed E-state index contributed by atoms with van der Waals surface area (Å²) in [5.74, 6) is 0.0245. The highest BCUT2D eigenvalue weighted by molar-refractivity contribution is 8.02. The van der Waals surface area contributed by atoms with Crippen molar-refractivity contribution < 1.29 is 9.59 Å². The van der Waals surface area contributed by atoms with Crippen molar-refractivity contribution in [3.8, 4) is 0 Å². The first-order valence-electron chi connectivity index (χ1n) is 7.40. The number of anilines is 1. The number of nitrogens with zero attached hydrogens (tertiary/aromatic N) is 2. The van der Waals surface area contributed by atoms with Crippen LogP contribution in [0.5, 0.6) is 0 Å². The number of hydrogen-bond acceptors (Lipinski definition) is 6. The van der Waals surface area contributed by atoms with Crippen molar-refractivity contribution in [2.45, 2.75) is 43.2 Å². The SMILES string of the molecule is CCCC(=O)Nc1ccc(C(=O)C(C)Sc2nnc(C)s2)cc1. The molecule has 0 saturated heterocycles. The fourth-order valence-corrected chi connectivity index (χ4v) is 3.97. The number of amides is 1. The molecule has 0 spiro atoms. The minimum Gasteiger partial charge on any atom is -0.326 e. The third-order valence-corrected chi connectivity index (χ3v) is 5.11. The van der Waals surface area contributed by atoms with Crippen LogP contribution in [0.15, 0.2) is 28.6 Å². The van der Waals surface area contributed by atoms with Gasteiger partial charge >= 0.3 is 0 Å². The van der Waals surface area contributed by atoms with Crippen molar-refractivity contribution in [3.05, 3.63) is 34.8 Å². The molecule has 2 aromatic rings. The van der Waals surface area contributed by atoms with Gasteiger partial charge in [0.25, 0.3) is 0 Å². The predicted molar refractivity (Wildman–Crippen MR) is 94.3 cm³/mol. The van der Waals surface area contributed by atoms with Gasteiger partial charge < -0.3 is 5.32 Å². The zero-order valence-corrected chi connectivity index (χ0v) is 15.0. The summed E-state index contributed by atoms with van der Waals surface area (Å²) in [6, 6.07) is 7.00. The lowest BCUT2D eigenvalue weighted by molar-refractivity contribution is -0.116. The number of ketones is 1. The van der Waals surface area contributed by atoms with E-state index < -0.39 is 0 Å². The Morgan fingerprint density at radius 1 is 1.26 bits per heavy atom. The average molecular weight is 349 g/mol. The number of Topliss-reactive ketones (excluding diaryl/α,β-unsaturated/α-hetero) is 1. The molecule has 23 heavy (non-hydrogen) atoms. The first kappa shape index (κ1) is 17.6. The van der Waals surface area contributed by atoms with Crippen LogP contribution in [0.3, 0.4) is 0 Å². The first-order chi connectivity index (χ1) is 11.0. The van der Waals surface area contributed by atoms with Gasteiger partial charge in [0.1, 0.15) is 5.01 Å². The monoisotopic (exact) mass is 349 g/mol. The number of hydrogen-bond donors (Lipinski definition) is 1. The molecule has 1 heterocycles. The molecular formula is C16H19N3O2S2. The number of carbonyl (C=O) groups excluding carboxylic acids is 2. The highest BCUT2D eigenvalue weighted by Crippen LogP contribution is 2.28. The van der Waals surface area contributed by atoms with Gasteiger partial charge in [-0.2, -0.15) is 0 Å². The summed E-state index contributed by atoms with van der Waals surface area (Å²) in [6.07, 6.45) is 1.30. The Morgan fingerprint density at radius 2 is 1.96 bits per heavy atom. The fourth-order valence-electron chi connectivity index (χ4n) is 1.93. The molecule has 2 rings (SSSR count). The first-order valence-corrected chi connectivity index (χ1v) is 9.10. The second kappa shape index (κ2) is 8.21. The van der Waals surface area contributed by atoms with Crippen LogP contribution in [0.25, 0.3) is 0 Å². The second-order valence-corrected chi connectivity index (χ2v) is 7.86. The van der Waals surface area contributed by atoms with E-state index in [9.17, 15) is 9.59 Å². The molecule has 0 aliphatic heterocycles. The highest BCUT2D eigenvalue weighted by Gasteiger charge is 2.18. The number of thioether (sulfide) groups is 1. The van der Waals surface area contributed by atoms with Crippen molar-refractivity contribution in [1.29, 1.82) is 0 Å². The van der Waals surface area contributed by atoms with Gasteiger partial charge in [-0.1, -0.05) is 30.0 Å². The van der Waals surface area contributed by atoms with Crippen LogP contribution in [0, 0.1) is 6.92 Å². The molecule has 5 nitrogen and oxygen atoms in total. The van der Waals surface area contributed by atoms with Gasteiger partial charge in [-0.25, -0.2) is 0 Å². The lowest BCUT2D eigenvalue weighted by atomic mass is 10.1. The minimum absolute atomic E-state index is 0.0119. The van der Waals surface area contributed by atoms with Crippen LogP contribution in [0.4, 0.5) is 5.69 Å². The van der Waals surface area contributed by atoms with Crippen molar-refractivity contribution >= 4 is 40.5 Å². The molecule has 0 bridgehead atoms. The largest absolute Gasteiger partial charge is 0.326 e. The molecule has 0 radical (unpaired) electrons. The van der Waals surface area contributed by atoms with Crippen LogP contribution in [0.2, 0.25) is 0 Å². The van der Waals surface area contributed by atoms with Gasteiger partial charge in [0.15, 0.2) is 10.1 Å². The summed E-state index contributed by atoms with van der Waals surface area (Å²) >= 11 is 2.90. The molecule has 7 heteroatoms. The van der Waals surface area contributed by atoms with Crippen LogP contribution in [0.1, 0.15) is 42.1 Å². The normalized spacial score (nSPS) is 12.0. The molecule has 1 amide bonds. The number of carbonyl (C=O) groups is 2. The molecule has 0 aliphatic carbocycles. The minimum atomic E-state index is -0.233. The molecule has 0 saturated carbocycles. The number of aryl methyl sites for hydroxylation is 1. The summed E-state index contributed by atoms with van der Waals surface area (Å²) < 4.78 is 0.798. The molecular weight excluding hydrogens is 330 g/mol. The van der Waals surface area contributed by atoms with Crippen LogP contribution in [-0.2, 0) is 4.79 Å². The van der Waals surface area contributed by atoms with E-state index in [-0.39, 0.29) is 16.9 Å². The maximum absolute atomic E-state index is 12.4. The lowest BCUT2D eigenvalue weighted by Crippen LogP contribution is -2.14. The van der Waals surface area contributed by atoms with E-state index >= 15 is 0 Å². The Hall–Kier alpha value is -1.73. The van der Waals surface area contributed by atoms with Crippen molar-refractivity contribution in [1.82, 2.24) is 10.2 Å². The van der Waals surface area contributed by atoms with E-state index in [1.54, 1.807) is 24.3 Å². The fraction of sp³-hybridized carbons (Fsp3) is 0.375. The zero-order chi connectivity index (χ0) is 16.8. The van der Waals surface area contributed by atoms with Crippen molar-refractivity contribution in [2.24, 2.45) is 0 Å². The van der Waals surface area contributed by atoms with Gasteiger partial charge in [-0.05, 0) is 44.5 Å². The lowest BCUT2D eigenvalue weighted by Gasteiger charge is -2.09. The van der Waals surface area contributed by atoms with E-state index in [2.05, 4.69) is 15.5 Å². The second-order valence-electron chi connectivity index (χ2n) is 5.09. The Bertz CT molecular complexity index is 683. The Balaban J connectivity index is 1.97.